The highest BCUT2D eigenvalue weighted by atomic mass is 35.5. The Kier molecular flexibility index (Phi) is 9.74. The highest BCUT2D eigenvalue weighted by Crippen LogP contribution is 2.48. The number of thioether (sulfide) groups is 1. The Morgan fingerprint density at radius 2 is 2.00 bits per heavy atom. The number of benzene rings is 1. The van der Waals surface area contributed by atoms with Crippen LogP contribution in [0.3, 0.4) is 0 Å². The lowest BCUT2D eigenvalue weighted by Gasteiger charge is -2.46. The molecule has 2 bridgehead atoms. The number of hydrogen-bond donors (Lipinski definition) is 3. The highest BCUT2D eigenvalue weighted by molar-refractivity contribution is 7.99. The Labute approximate surface area is 287 Å². The van der Waals surface area contributed by atoms with E-state index in [2.05, 4.69) is 76.9 Å². The largest absolute Gasteiger partial charge is 0.416 e. The molecule has 2 atom stereocenters. The van der Waals surface area contributed by atoms with Gasteiger partial charge in [-0.15, -0.1) is 22.0 Å². The molecule has 3 fully saturated rings. The quantitative estimate of drug-likeness (QED) is 0.109. The van der Waals surface area contributed by atoms with Gasteiger partial charge < -0.3 is 25.3 Å². The van der Waals surface area contributed by atoms with E-state index in [9.17, 15) is 9.18 Å². The molecule has 4 heterocycles. The number of nitrogens with zero attached hydrogens (tertiary/aromatic N) is 4. The Balaban J connectivity index is 1.14. The van der Waals surface area contributed by atoms with Gasteiger partial charge in [-0.3, -0.25) is 4.79 Å². The minimum atomic E-state index is -1.89. The van der Waals surface area contributed by atoms with Crippen molar-refractivity contribution in [3.8, 4) is 11.3 Å². The number of aromatic nitrogens is 3. The van der Waals surface area contributed by atoms with Crippen molar-refractivity contribution in [2.24, 2.45) is 11.8 Å². The third-order valence-electron chi connectivity index (χ3n) is 10.6. The van der Waals surface area contributed by atoms with E-state index in [1.54, 1.807) is 24.4 Å². The fourth-order valence-electron chi connectivity index (χ4n) is 6.63. The average molecular weight is 698 g/mol. The van der Waals surface area contributed by atoms with Crippen molar-refractivity contribution >= 4 is 54.8 Å². The monoisotopic (exact) mass is 697 g/mol. The SMILES string of the molecule is CN1C[C@@]2(C3CC(C(=O)Nc4cc(Nc5cc(-c6cc(Cl)ccc6F)nnc5SCCO[Si](C)(C)C(C)(C)C)ccn4)C3)C[C@H]1CN2. The van der Waals surface area contributed by atoms with Crippen molar-refractivity contribution in [1.82, 2.24) is 25.4 Å². The summed E-state index contributed by atoms with van der Waals surface area (Å²) in [6.45, 7) is 13.8. The molecule has 3 N–H and O–H groups in total. The molecule has 3 aliphatic rings. The van der Waals surface area contributed by atoms with Gasteiger partial charge in [0.1, 0.15) is 16.7 Å². The van der Waals surface area contributed by atoms with Crippen LogP contribution in [0.4, 0.5) is 21.6 Å². The van der Waals surface area contributed by atoms with Crippen LogP contribution in [-0.4, -0.2) is 78.4 Å². The van der Waals surface area contributed by atoms with Crippen molar-refractivity contribution in [2.75, 3.05) is 43.1 Å². The van der Waals surface area contributed by atoms with Crippen molar-refractivity contribution in [1.29, 1.82) is 0 Å². The summed E-state index contributed by atoms with van der Waals surface area (Å²) in [7, 11) is 0.309. The van der Waals surface area contributed by atoms with E-state index in [-0.39, 0.29) is 28.0 Å². The maximum Gasteiger partial charge on any atom is 0.228 e. The number of fused-ring (bicyclic) bond motifs is 2. The number of anilines is 3. The second-order valence-electron chi connectivity index (χ2n) is 14.7. The Morgan fingerprint density at radius 1 is 1.21 bits per heavy atom. The number of halogens is 2. The van der Waals surface area contributed by atoms with Crippen molar-refractivity contribution in [3.05, 3.63) is 53.4 Å². The zero-order valence-electron chi connectivity index (χ0n) is 28.0. The normalized spacial score (nSPS) is 24.3. The van der Waals surface area contributed by atoms with E-state index in [1.165, 1.54) is 30.3 Å². The molecule has 0 radical (unpaired) electrons. The van der Waals surface area contributed by atoms with Gasteiger partial charge in [0, 0.05) is 71.5 Å². The van der Waals surface area contributed by atoms with E-state index >= 15 is 0 Å². The van der Waals surface area contributed by atoms with Gasteiger partial charge in [-0.05, 0) is 80.7 Å². The summed E-state index contributed by atoms with van der Waals surface area (Å²) in [5.74, 6) is 1.22. The van der Waals surface area contributed by atoms with Gasteiger partial charge in [-0.2, -0.15) is 0 Å². The number of likely N-dealkylation sites (tertiary alicyclic amines) is 1. The van der Waals surface area contributed by atoms with Gasteiger partial charge in [-0.1, -0.05) is 32.4 Å². The molecule has 0 unspecified atom stereocenters. The second kappa shape index (κ2) is 13.4. The van der Waals surface area contributed by atoms with Gasteiger partial charge in [0.05, 0.1) is 11.4 Å². The number of likely N-dealkylation sites (N-methyl/N-ethyl adjacent to an activating group) is 1. The Bertz CT molecular complexity index is 1630. The Hall–Kier alpha value is -2.61. The summed E-state index contributed by atoms with van der Waals surface area (Å²) in [4.78, 5) is 20.1. The first kappa shape index (κ1) is 34.3. The van der Waals surface area contributed by atoms with Crippen LogP contribution in [0.1, 0.15) is 40.0 Å². The first-order chi connectivity index (χ1) is 22.2. The molecule has 1 aliphatic carbocycles. The summed E-state index contributed by atoms with van der Waals surface area (Å²) in [6, 6.07) is 10.4. The summed E-state index contributed by atoms with van der Waals surface area (Å²) in [5, 5.41) is 20.2. The Morgan fingerprint density at radius 3 is 2.70 bits per heavy atom. The minimum Gasteiger partial charge on any atom is -0.416 e. The number of piperazine rings is 1. The van der Waals surface area contributed by atoms with E-state index in [0.717, 1.165) is 25.9 Å². The predicted octanol–water partition coefficient (Wildman–Crippen LogP) is 7.20. The van der Waals surface area contributed by atoms with Gasteiger partial charge in [0.15, 0.2) is 8.32 Å². The highest BCUT2D eigenvalue weighted by Gasteiger charge is 2.56. The molecule has 6 rings (SSSR count). The molecule has 13 heteroatoms. The lowest BCUT2D eigenvalue weighted by molar-refractivity contribution is -0.125. The summed E-state index contributed by atoms with van der Waals surface area (Å²) >= 11 is 7.71. The predicted molar refractivity (Wildman–Crippen MR) is 190 cm³/mol. The molecule has 1 aromatic carbocycles. The van der Waals surface area contributed by atoms with Crippen LogP contribution < -0.4 is 16.0 Å². The van der Waals surface area contributed by atoms with Crippen LogP contribution >= 0.6 is 23.4 Å². The third-order valence-corrected chi connectivity index (χ3v) is 16.3. The second-order valence-corrected chi connectivity index (χ2v) is 21.1. The summed E-state index contributed by atoms with van der Waals surface area (Å²) in [5.41, 5.74) is 2.14. The molecule has 1 saturated carbocycles. The van der Waals surface area contributed by atoms with E-state index < -0.39 is 14.1 Å². The molecule has 2 saturated heterocycles. The van der Waals surface area contributed by atoms with Crippen LogP contribution in [0.2, 0.25) is 23.2 Å². The van der Waals surface area contributed by atoms with Crippen LogP contribution in [0, 0.1) is 17.7 Å². The van der Waals surface area contributed by atoms with Gasteiger partial charge in [0.2, 0.25) is 5.91 Å². The fourth-order valence-corrected chi connectivity index (χ4v) is 8.72. The molecule has 252 valence electrons. The van der Waals surface area contributed by atoms with E-state index in [1.807, 2.05) is 6.07 Å². The molecule has 2 aromatic heterocycles. The molecular weight excluding hydrogens is 653 g/mol. The first-order valence-corrected chi connectivity index (χ1v) is 20.6. The van der Waals surface area contributed by atoms with Crippen molar-refractivity contribution < 1.29 is 13.6 Å². The number of pyridine rings is 1. The van der Waals surface area contributed by atoms with Gasteiger partial charge in [0.25, 0.3) is 0 Å². The lowest BCUT2D eigenvalue weighted by atomic mass is 9.64. The molecule has 47 heavy (non-hydrogen) atoms. The van der Waals surface area contributed by atoms with E-state index in [0.29, 0.717) is 57.3 Å². The van der Waals surface area contributed by atoms with Crippen LogP contribution in [0.15, 0.2) is 47.6 Å². The minimum absolute atomic E-state index is 0.00506. The number of carbonyl (C=O) groups is 1. The number of amides is 1. The zero-order chi connectivity index (χ0) is 33.6. The zero-order valence-corrected chi connectivity index (χ0v) is 30.6. The number of hydrogen-bond acceptors (Lipinski definition) is 9. The lowest BCUT2D eigenvalue weighted by Crippen LogP contribution is -2.58. The topological polar surface area (TPSA) is 104 Å². The fraction of sp³-hybridized carbons (Fsp3) is 0.529. The van der Waals surface area contributed by atoms with Crippen LogP contribution in [0.25, 0.3) is 11.3 Å². The molecule has 3 aromatic rings. The standard InChI is InChI=1S/C34H45ClFN7O2SSi/c1-33(2,3)47(5,6)45-11-12-46-32-29(17-28(41-42-32)26-15-23(35)7-8-27(26)36)39-24-9-10-37-30(16-24)40-31(44)21-13-22(14-21)34-18-25(19-38-34)43(4)20-34/h7-10,15-17,21-22,25,38H,11-14,18-20H2,1-6H3,(H2,37,39,40,41,44)/t21?,22?,25-,34+/m0/s1. The number of rotatable bonds is 11. The summed E-state index contributed by atoms with van der Waals surface area (Å²) < 4.78 is 21.2. The van der Waals surface area contributed by atoms with Crippen molar-refractivity contribution in [3.63, 3.8) is 0 Å². The number of nitrogens with one attached hydrogen (secondary N) is 3. The van der Waals surface area contributed by atoms with Crippen LogP contribution in [-0.2, 0) is 9.22 Å². The maximum absolute atomic E-state index is 14.8. The van der Waals surface area contributed by atoms with Crippen molar-refractivity contribution in [2.45, 2.75) is 74.8 Å². The molecular formula is C34H45ClFN7O2SSi. The molecule has 2 aliphatic heterocycles. The molecule has 9 nitrogen and oxygen atoms in total. The van der Waals surface area contributed by atoms with E-state index in [4.69, 9.17) is 16.0 Å². The van der Waals surface area contributed by atoms with Gasteiger partial charge in [-0.25, -0.2) is 9.37 Å². The third kappa shape index (κ3) is 7.37. The average Bonchev–Trinajstić information content (AvgIpc) is 3.54. The number of carbonyl (C=O) groups excluding carboxylic acids is 1. The molecule has 1 amide bonds. The van der Waals surface area contributed by atoms with Crippen LogP contribution in [0.5, 0.6) is 0 Å². The maximum atomic E-state index is 14.8. The van der Waals surface area contributed by atoms with Gasteiger partial charge >= 0.3 is 0 Å². The smallest absolute Gasteiger partial charge is 0.228 e. The summed E-state index contributed by atoms with van der Waals surface area (Å²) in [6.07, 6.45) is 4.62. The first-order valence-electron chi connectivity index (χ1n) is 16.3. The molecule has 0 spiro atoms.